The molecule has 0 aliphatic rings. The van der Waals surface area contributed by atoms with Crippen LogP contribution < -0.4 is 5.32 Å². The first-order valence-corrected chi connectivity index (χ1v) is 7.24. The monoisotopic (exact) mass is 237 g/mol. The molecule has 0 bridgehead atoms. The molecule has 0 aliphatic carbocycles. The van der Waals surface area contributed by atoms with E-state index in [-0.39, 0.29) is 0 Å². The Hall–Kier alpha value is -0.470. The van der Waals surface area contributed by atoms with Crippen LogP contribution >= 0.6 is 11.8 Å². The van der Waals surface area contributed by atoms with Crippen LogP contribution in [0.2, 0.25) is 0 Å². The van der Waals surface area contributed by atoms with Crippen LogP contribution in [0.1, 0.15) is 31.4 Å². The number of hydrogen-bond donors (Lipinski definition) is 1. The summed E-state index contributed by atoms with van der Waals surface area (Å²) in [6.07, 6.45) is 1.25. The molecule has 2 heteroatoms. The molecule has 0 saturated carbocycles. The molecule has 0 aromatic heterocycles. The van der Waals surface area contributed by atoms with Gasteiger partial charge in [-0.15, -0.1) is 0 Å². The fourth-order valence-electron chi connectivity index (χ4n) is 1.50. The zero-order valence-electron chi connectivity index (χ0n) is 10.6. The van der Waals surface area contributed by atoms with Crippen molar-refractivity contribution in [1.29, 1.82) is 0 Å². The normalized spacial score (nSPS) is 12.7. The summed E-state index contributed by atoms with van der Waals surface area (Å²) in [5.41, 5.74) is 2.71. The second-order valence-electron chi connectivity index (χ2n) is 4.25. The predicted molar refractivity (Wildman–Crippen MR) is 75.1 cm³/mol. The van der Waals surface area contributed by atoms with Crippen LogP contribution in [-0.4, -0.2) is 17.5 Å². The van der Waals surface area contributed by atoms with Crippen molar-refractivity contribution in [1.82, 2.24) is 5.32 Å². The predicted octanol–water partition coefficient (Wildman–Crippen LogP) is 3.62. The molecule has 0 radical (unpaired) electrons. The summed E-state index contributed by atoms with van der Waals surface area (Å²) < 4.78 is 0. The third kappa shape index (κ3) is 5.57. The lowest BCUT2D eigenvalue weighted by atomic mass is 10.1. The minimum Gasteiger partial charge on any atom is -0.310 e. The van der Waals surface area contributed by atoms with Crippen molar-refractivity contribution >= 4 is 11.8 Å². The second-order valence-corrected chi connectivity index (χ2v) is 5.65. The first-order valence-electron chi connectivity index (χ1n) is 6.09. The van der Waals surface area contributed by atoms with Gasteiger partial charge in [0.05, 0.1) is 0 Å². The fourth-order valence-corrected chi connectivity index (χ4v) is 2.31. The van der Waals surface area contributed by atoms with Crippen LogP contribution in [0.15, 0.2) is 24.3 Å². The van der Waals surface area contributed by atoms with Gasteiger partial charge in [0.2, 0.25) is 0 Å². The van der Waals surface area contributed by atoms with Gasteiger partial charge in [-0.05, 0) is 37.3 Å². The largest absolute Gasteiger partial charge is 0.310 e. The third-order valence-corrected chi connectivity index (χ3v) is 3.61. The summed E-state index contributed by atoms with van der Waals surface area (Å²) in [6, 6.07) is 9.37. The minimum absolute atomic E-state index is 0.611. The molecular weight excluding hydrogens is 214 g/mol. The van der Waals surface area contributed by atoms with Crippen molar-refractivity contribution < 1.29 is 0 Å². The number of aryl methyl sites for hydroxylation is 1. The highest BCUT2D eigenvalue weighted by atomic mass is 32.2. The number of thioether (sulfide) groups is 1. The van der Waals surface area contributed by atoms with E-state index in [0.29, 0.717) is 6.04 Å². The number of nitrogens with one attached hydrogen (secondary N) is 1. The summed E-state index contributed by atoms with van der Waals surface area (Å²) in [5, 5.41) is 3.56. The van der Waals surface area contributed by atoms with E-state index in [1.807, 2.05) is 11.8 Å². The molecule has 0 spiro atoms. The van der Waals surface area contributed by atoms with Crippen LogP contribution in [0.3, 0.4) is 0 Å². The Kier molecular flexibility index (Phi) is 6.58. The lowest BCUT2D eigenvalue weighted by molar-refractivity contribution is 0.537. The van der Waals surface area contributed by atoms with Gasteiger partial charge in [-0.25, -0.2) is 0 Å². The van der Waals surface area contributed by atoms with E-state index < -0.39 is 0 Å². The van der Waals surface area contributed by atoms with Crippen molar-refractivity contribution in [2.45, 2.75) is 39.8 Å². The molecule has 1 atom stereocenters. The molecular formula is C14H23NS. The van der Waals surface area contributed by atoms with Crippen molar-refractivity contribution in [2.24, 2.45) is 0 Å². The van der Waals surface area contributed by atoms with Crippen molar-refractivity contribution in [2.75, 3.05) is 11.5 Å². The van der Waals surface area contributed by atoms with Gasteiger partial charge in [-0.2, -0.15) is 11.8 Å². The van der Waals surface area contributed by atoms with Crippen molar-refractivity contribution in [3.05, 3.63) is 35.4 Å². The minimum atomic E-state index is 0.611. The van der Waals surface area contributed by atoms with E-state index in [4.69, 9.17) is 0 Å². The summed E-state index contributed by atoms with van der Waals surface area (Å²) in [4.78, 5) is 0. The van der Waals surface area contributed by atoms with Crippen LogP contribution in [0.25, 0.3) is 0 Å². The standard InChI is InChI=1S/C14H23NS/c1-4-16-10-9-13(3)15-11-14-7-5-12(2)6-8-14/h5-8,13,15H,4,9-11H2,1-3H3. The van der Waals surface area contributed by atoms with Crippen LogP contribution in [-0.2, 0) is 6.54 Å². The molecule has 0 fully saturated rings. The number of rotatable bonds is 7. The summed E-state index contributed by atoms with van der Waals surface area (Å²) in [6.45, 7) is 7.60. The van der Waals surface area contributed by atoms with Gasteiger partial charge in [-0.3, -0.25) is 0 Å². The third-order valence-electron chi connectivity index (χ3n) is 2.67. The Morgan fingerprint density at radius 1 is 1.25 bits per heavy atom. The van der Waals surface area contributed by atoms with Crippen LogP contribution in [0.4, 0.5) is 0 Å². The topological polar surface area (TPSA) is 12.0 Å². The molecule has 0 saturated heterocycles. The molecule has 1 aromatic rings. The smallest absolute Gasteiger partial charge is 0.0207 e. The molecule has 0 aliphatic heterocycles. The molecule has 1 unspecified atom stereocenters. The van der Waals surface area contributed by atoms with E-state index in [9.17, 15) is 0 Å². The fraction of sp³-hybridized carbons (Fsp3) is 0.571. The maximum Gasteiger partial charge on any atom is 0.0207 e. The lowest BCUT2D eigenvalue weighted by Gasteiger charge is -2.13. The highest BCUT2D eigenvalue weighted by Gasteiger charge is 2.00. The zero-order valence-corrected chi connectivity index (χ0v) is 11.4. The highest BCUT2D eigenvalue weighted by molar-refractivity contribution is 7.99. The Morgan fingerprint density at radius 2 is 1.94 bits per heavy atom. The van der Waals surface area contributed by atoms with Gasteiger partial charge < -0.3 is 5.32 Å². The summed E-state index contributed by atoms with van der Waals surface area (Å²) in [5.74, 6) is 2.49. The van der Waals surface area contributed by atoms with E-state index in [1.54, 1.807) is 0 Å². The van der Waals surface area contributed by atoms with Gasteiger partial charge in [0, 0.05) is 12.6 Å². The van der Waals surface area contributed by atoms with Gasteiger partial charge in [-0.1, -0.05) is 36.8 Å². The Morgan fingerprint density at radius 3 is 2.56 bits per heavy atom. The lowest BCUT2D eigenvalue weighted by Crippen LogP contribution is -2.25. The first kappa shape index (κ1) is 13.6. The van der Waals surface area contributed by atoms with Crippen LogP contribution in [0.5, 0.6) is 0 Å². The Labute approximate surface area is 104 Å². The van der Waals surface area contributed by atoms with Crippen molar-refractivity contribution in [3.8, 4) is 0 Å². The maximum atomic E-state index is 3.56. The van der Waals surface area contributed by atoms with Gasteiger partial charge in [0.25, 0.3) is 0 Å². The quantitative estimate of drug-likeness (QED) is 0.727. The summed E-state index contributed by atoms with van der Waals surface area (Å²) in [7, 11) is 0. The second kappa shape index (κ2) is 7.75. The first-order chi connectivity index (χ1) is 7.72. The van der Waals surface area contributed by atoms with E-state index in [2.05, 4.69) is 50.4 Å². The average molecular weight is 237 g/mol. The highest BCUT2D eigenvalue weighted by Crippen LogP contribution is 2.06. The average Bonchev–Trinajstić information content (AvgIpc) is 2.29. The van der Waals surface area contributed by atoms with E-state index in [0.717, 1.165) is 6.54 Å². The maximum absolute atomic E-state index is 3.56. The van der Waals surface area contributed by atoms with E-state index in [1.165, 1.54) is 29.1 Å². The van der Waals surface area contributed by atoms with Crippen molar-refractivity contribution in [3.63, 3.8) is 0 Å². The molecule has 90 valence electrons. The zero-order chi connectivity index (χ0) is 11.8. The van der Waals surface area contributed by atoms with Gasteiger partial charge in [0.1, 0.15) is 0 Å². The molecule has 1 N–H and O–H groups in total. The Balaban J connectivity index is 2.20. The SMILES string of the molecule is CCSCCC(C)NCc1ccc(C)cc1. The summed E-state index contributed by atoms with van der Waals surface area (Å²) >= 11 is 2.02. The molecule has 1 rings (SSSR count). The molecule has 1 nitrogen and oxygen atoms in total. The van der Waals surface area contributed by atoms with Crippen LogP contribution in [0, 0.1) is 6.92 Å². The molecule has 16 heavy (non-hydrogen) atoms. The van der Waals surface area contributed by atoms with Gasteiger partial charge in [0.15, 0.2) is 0 Å². The molecule has 1 aromatic carbocycles. The van der Waals surface area contributed by atoms with Gasteiger partial charge >= 0.3 is 0 Å². The van der Waals surface area contributed by atoms with E-state index >= 15 is 0 Å². The number of benzene rings is 1. The number of hydrogen-bond acceptors (Lipinski definition) is 2. The Bertz CT molecular complexity index is 281. The molecule has 0 heterocycles. The molecule has 0 amide bonds.